The SMILES string of the molecule is COC[C@@]1(CO)C(=O)[C@H]2CCN1C[C@@H]2C. The molecule has 1 N–H and O–H groups in total. The Morgan fingerprint density at radius 2 is 2.40 bits per heavy atom. The highest BCUT2D eigenvalue weighted by Crippen LogP contribution is 2.39. The first-order valence-electron chi connectivity index (χ1n) is 5.55. The van der Waals surface area contributed by atoms with Gasteiger partial charge in [-0.2, -0.15) is 0 Å². The number of hydrogen-bond donors (Lipinski definition) is 1. The van der Waals surface area contributed by atoms with Crippen molar-refractivity contribution in [3.8, 4) is 0 Å². The molecule has 0 amide bonds. The standard InChI is InChI=1S/C11H19NO3/c1-8-5-12-4-3-9(8)10(14)11(12,6-13)7-15-2/h8-9,13H,3-7H2,1-2H3/t8-,9-,11-/m0/s1. The lowest BCUT2D eigenvalue weighted by Crippen LogP contribution is -2.71. The second-order valence-corrected chi connectivity index (χ2v) is 4.81. The molecule has 0 aromatic carbocycles. The van der Waals surface area contributed by atoms with Gasteiger partial charge >= 0.3 is 0 Å². The molecule has 3 fully saturated rings. The molecule has 2 bridgehead atoms. The van der Waals surface area contributed by atoms with Crippen LogP contribution in [-0.4, -0.2) is 54.7 Å². The Kier molecular flexibility index (Phi) is 2.83. The Bertz CT molecular complexity index is 269. The van der Waals surface area contributed by atoms with E-state index in [0.29, 0.717) is 12.5 Å². The van der Waals surface area contributed by atoms with Crippen molar-refractivity contribution in [3.63, 3.8) is 0 Å². The number of aliphatic hydroxyl groups excluding tert-OH is 1. The molecule has 3 aliphatic heterocycles. The number of rotatable bonds is 3. The number of aliphatic hydroxyl groups is 1. The molecule has 0 aromatic heterocycles. The molecular weight excluding hydrogens is 194 g/mol. The molecule has 0 spiro atoms. The quantitative estimate of drug-likeness (QED) is 0.711. The summed E-state index contributed by atoms with van der Waals surface area (Å²) < 4.78 is 5.11. The van der Waals surface area contributed by atoms with E-state index < -0.39 is 5.54 Å². The maximum atomic E-state index is 12.3. The third-order valence-corrected chi connectivity index (χ3v) is 3.95. The molecule has 4 nitrogen and oxygen atoms in total. The number of ketones is 1. The predicted octanol–water partition coefficient (Wildman–Crippen LogP) is -0.0954. The summed E-state index contributed by atoms with van der Waals surface area (Å²) in [4.78, 5) is 14.4. The topological polar surface area (TPSA) is 49.8 Å². The van der Waals surface area contributed by atoms with Crippen LogP contribution in [0.5, 0.6) is 0 Å². The van der Waals surface area contributed by atoms with Crippen molar-refractivity contribution in [3.05, 3.63) is 0 Å². The first kappa shape index (κ1) is 11.0. The van der Waals surface area contributed by atoms with E-state index in [-0.39, 0.29) is 18.3 Å². The average Bonchev–Trinajstić information content (AvgIpc) is 2.23. The number of fused-ring (bicyclic) bond motifs is 3. The number of carbonyl (C=O) groups excluding carboxylic acids is 1. The molecule has 86 valence electrons. The molecule has 4 heteroatoms. The Morgan fingerprint density at radius 1 is 1.67 bits per heavy atom. The fourth-order valence-electron chi connectivity index (χ4n) is 3.05. The van der Waals surface area contributed by atoms with E-state index in [2.05, 4.69) is 11.8 Å². The lowest BCUT2D eigenvalue weighted by Gasteiger charge is -2.54. The van der Waals surface area contributed by atoms with Gasteiger partial charge in [0, 0.05) is 19.6 Å². The highest BCUT2D eigenvalue weighted by molar-refractivity contribution is 5.92. The van der Waals surface area contributed by atoms with E-state index >= 15 is 0 Å². The molecule has 4 atom stereocenters. The van der Waals surface area contributed by atoms with Crippen LogP contribution in [0.1, 0.15) is 13.3 Å². The van der Waals surface area contributed by atoms with Gasteiger partial charge in [0.25, 0.3) is 0 Å². The summed E-state index contributed by atoms with van der Waals surface area (Å²) in [7, 11) is 1.58. The van der Waals surface area contributed by atoms with Crippen molar-refractivity contribution in [2.45, 2.75) is 18.9 Å². The van der Waals surface area contributed by atoms with Crippen molar-refractivity contribution in [1.82, 2.24) is 4.90 Å². The van der Waals surface area contributed by atoms with Crippen LogP contribution in [-0.2, 0) is 9.53 Å². The lowest BCUT2D eigenvalue weighted by molar-refractivity contribution is -0.163. The van der Waals surface area contributed by atoms with Crippen molar-refractivity contribution < 1.29 is 14.6 Å². The maximum Gasteiger partial charge on any atom is 0.161 e. The average molecular weight is 213 g/mol. The molecule has 3 rings (SSSR count). The van der Waals surface area contributed by atoms with Crippen LogP contribution < -0.4 is 0 Å². The van der Waals surface area contributed by atoms with Gasteiger partial charge in [-0.15, -0.1) is 0 Å². The normalized spacial score (nSPS) is 44.7. The van der Waals surface area contributed by atoms with Gasteiger partial charge in [-0.1, -0.05) is 6.92 Å². The van der Waals surface area contributed by atoms with E-state index in [4.69, 9.17) is 4.74 Å². The smallest absolute Gasteiger partial charge is 0.161 e. The zero-order valence-electron chi connectivity index (χ0n) is 9.40. The monoisotopic (exact) mass is 213 g/mol. The minimum atomic E-state index is -0.746. The number of carbonyl (C=O) groups is 1. The summed E-state index contributed by atoms with van der Waals surface area (Å²) in [5.74, 6) is 0.719. The second-order valence-electron chi connectivity index (χ2n) is 4.81. The summed E-state index contributed by atoms with van der Waals surface area (Å²) in [6.07, 6.45) is 0.936. The number of hydrogen-bond acceptors (Lipinski definition) is 4. The van der Waals surface area contributed by atoms with Crippen LogP contribution in [0, 0.1) is 11.8 Å². The lowest BCUT2D eigenvalue weighted by atomic mass is 9.69. The molecule has 0 radical (unpaired) electrons. The van der Waals surface area contributed by atoms with Crippen molar-refractivity contribution in [2.24, 2.45) is 11.8 Å². The van der Waals surface area contributed by atoms with Gasteiger partial charge in [-0.05, 0) is 18.9 Å². The van der Waals surface area contributed by atoms with Crippen LogP contribution in [0.2, 0.25) is 0 Å². The summed E-state index contributed by atoms with van der Waals surface area (Å²) >= 11 is 0. The minimum absolute atomic E-state index is 0.122. The van der Waals surface area contributed by atoms with E-state index in [0.717, 1.165) is 19.5 Å². The maximum absolute atomic E-state index is 12.3. The Balaban J connectivity index is 2.29. The van der Waals surface area contributed by atoms with E-state index in [1.807, 2.05) is 0 Å². The van der Waals surface area contributed by atoms with Gasteiger partial charge in [0.15, 0.2) is 5.78 Å². The molecule has 3 aliphatic rings. The van der Waals surface area contributed by atoms with E-state index in [9.17, 15) is 9.90 Å². The minimum Gasteiger partial charge on any atom is -0.394 e. The summed E-state index contributed by atoms with van der Waals surface area (Å²) in [6, 6.07) is 0. The third kappa shape index (κ3) is 1.43. The van der Waals surface area contributed by atoms with Crippen LogP contribution in [0.25, 0.3) is 0 Å². The van der Waals surface area contributed by atoms with Crippen LogP contribution in [0.3, 0.4) is 0 Å². The van der Waals surface area contributed by atoms with E-state index in [1.54, 1.807) is 7.11 Å². The highest BCUT2D eigenvalue weighted by Gasteiger charge is 2.55. The predicted molar refractivity (Wildman–Crippen MR) is 55.5 cm³/mol. The molecule has 3 saturated heterocycles. The van der Waals surface area contributed by atoms with Crippen LogP contribution in [0.15, 0.2) is 0 Å². The Labute approximate surface area is 90.2 Å². The fourth-order valence-corrected chi connectivity index (χ4v) is 3.05. The molecule has 0 aliphatic carbocycles. The highest BCUT2D eigenvalue weighted by atomic mass is 16.5. The molecular formula is C11H19NO3. The number of nitrogens with zero attached hydrogens (tertiary/aromatic N) is 1. The van der Waals surface area contributed by atoms with Gasteiger partial charge in [0.05, 0.1) is 13.2 Å². The van der Waals surface area contributed by atoms with Crippen molar-refractivity contribution in [1.29, 1.82) is 0 Å². The largest absolute Gasteiger partial charge is 0.394 e. The van der Waals surface area contributed by atoms with Crippen molar-refractivity contribution in [2.75, 3.05) is 33.4 Å². The van der Waals surface area contributed by atoms with Gasteiger partial charge in [0.2, 0.25) is 0 Å². The first-order valence-corrected chi connectivity index (χ1v) is 5.55. The van der Waals surface area contributed by atoms with E-state index in [1.165, 1.54) is 0 Å². The Morgan fingerprint density at radius 3 is 2.87 bits per heavy atom. The second kappa shape index (κ2) is 3.85. The summed E-state index contributed by atoms with van der Waals surface area (Å²) in [6.45, 7) is 4.11. The zero-order valence-corrected chi connectivity index (χ0v) is 9.40. The molecule has 0 saturated carbocycles. The molecule has 3 heterocycles. The summed E-state index contributed by atoms with van der Waals surface area (Å²) in [5.41, 5.74) is -0.746. The zero-order chi connectivity index (χ0) is 11.1. The molecule has 15 heavy (non-hydrogen) atoms. The number of piperidine rings is 3. The molecule has 0 aromatic rings. The van der Waals surface area contributed by atoms with Gasteiger partial charge in [0.1, 0.15) is 5.54 Å². The van der Waals surface area contributed by atoms with Gasteiger partial charge in [-0.25, -0.2) is 0 Å². The molecule has 1 unspecified atom stereocenters. The number of ether oxygens (including phenoxy) is 1. The fraction of sp³-hybridized carbons (Fsp3) is 0.909. The first-order chi connectivity index (χ1) is 7.15. The third-order valence-electron chi connectivity index (χ3n) is 3.95. The number of Topliss-reactive ketones (excluding diaryl/α,β-unsaturated/α-hetero) is 1. The Hall–Kier alpha value is -0.450. The summed E-state index contributed by atoms with van der Waals surface area (Å²) in [5, 5.41) is 9.51. The van der Waals surface area contributed by atoms with Crippen molar-refractivity contribution >= 4 is 5.78 Å². The van der Waals surface area contributed by atoms with Crippen LogP contribution in [0.4, 0.5) is 0 Å². The van der Waals surface area contributed by atoms with Crippen LogP contribution >= 0.6 is 0 Å². The van der Waals surface area contributed by atoms with Gasteiger partial charge < -0.3 is 9.84 Å². The van der Waals surface area contributed by atoms with Gasteiger partial charge in [-0.3, -0.25) is 9.69 Å². The number of methoxy groups -OCH3 is 1.